The highest BCUT2D eigenvalue weighted by molar-refractivity contribution is 8.13. The zero-order chi connectivity index (χ0) is 6.57. The smallest absolute Gasteiger partial charge is 0.223 e. The number of carbonyl (C=O) groups is 1. The summed E-state index contributed by atoms with van der Waals surface area (Å²) in [4.78, 5) is 10.5. The second-order valence-electron chi connectivity index (χ2n) is 1.14. The molecule has 0 aliphatic heterocycles. The van der Waals surface area contributed by atoms with E-state index in [1.807, 2.05) is 12.5 Å². The van der Waals surface area contributed by atoms with Crippen LogP contribution in [0, 0.1) is 0 Å². The lowest BCUT2D eigenvalue weighted by atomic mass is 10.8. The third-order valence-electron chi connectivity index (χ3n) is 0.589. The van der Waals surface area contributed by atoms with Crippen molar-refractivity contribution in [2.45, 2.75) is 6.92 Å². The highest BCUT2D eigenvalue weighted by Gasteiger charge is 2.19. The maximum absolute atomic E-state index is 10.5. The van der Waals surface area contributed by atoms with Crippen molar-refractivity contribution < 1.29 is 4.79 Å². The van der Waals surface area contributed by atoms with E-state index >= 15 is 0 Å². The van der Waals surface area contributed by atoms with Crippen molar-refractivity contribution in [3.63, 3.8) is 0 Å². The van der Waals surface area contributed by atoms with Gasteiger partial charge in [-0.25, -0.2) is 4.79 Å². The third-order valence-corrected chi connectivity index (χ3v) is 2.66. The lowest BCUT2D eigenvalue weighted by Gasteiger charge is -1.91. The Morgan fingerprint density at radius 3 is 1.75 bits per heavy atom. The topological polar surface area (TPSA) is 23.0 Å². The van der Waals surface area contributed by atoms with Crippen LogP contribution in [0.1, 0.15) is 6.92 Å². The van der Waals surface area contributed by atoms with E-state index in [2.05, 4.69) is 0 Å². The Morgan fingerprint density at radius 2 is 1.75 bits per heavy atom. The highest BCUT2D eigenvalue weighted by Crippen LogP contribution is 2.10. The van der Waals surface area contributed by atoms with Crippen LogP contribution < -0.4 is 3.71 Å². The first kappa shape index (κ1) is 8.33. The minimum atomic E-state index is 0.0880. The molecule has 0 N–H and O–H groups in total. The summed E-state index contributed by atoms with van der Waals surface area (Å²) < 4.78 is 1.61. The maximum Gasteiger partial charge on any atom is 0.384 e. The van der Waals surface area contributed by atoms with Crippen molar-refractivity contribution in [1.29, 1.82) is 0 Å². The van der Waals surface area contributed by atoms with Gasteiger partial charge in [-0.2, -0.15) is 0 Å². The number of nitrogens with zero attached hydrogens (tertiary/aromatic N) is 1. The molecule has 0 saturated heterocycles. The summed E-state index contributed by atoms with van der Waals surface area (Å²) in [5.74, 6) is 0.0880. The van der Waals surface area contributed by atoms with Gasteiger partial charge in [0.05, 0.1) is 6.92 Å². The molecule has 0 spiro atoms. The molecule has 0 aromatic heterocycles. The zero-order valence-corrected chi connectivity index (χ0v) is 6.80. The summed E-state index contributed by atoms with van der Waals surface area (Å²) in [6.45, 7) is 1.55. The predicted molar refractivity (Wildman–Crippen MR) is 39.8 cm³/mol. The van der Waals surface area contributed by atoms with E-state index in [9.17, 15) is 4.79 Å². The van der Waals surface area contributed by atoms with Gasteiger partial charge in [-0.1, -0.05) is 0 Å². The lowest BCUT2D eigenvalue weighted by Crippen LogP contribution is -2.17. The van der Waals surface area contributed by atoms with Crippen LogP contribution in [0.4, 0.5) is 0 Å². The number of rotatable bonds is 2. The summed E-state index contributed by atoms with van der Waals surface area (Å²) in [6.07, 6.45) is 3.75. The van der Waals surface area contributed by atoms with Crippen molar-refractivity contribution in [3.8, 4) is 0 Å². The standard InChI is InChI=1S/C4H9NOS2/c1-4(6)5(7-2)8-3/h1-3H3/q+1. The van der Waals surface area contributed by atoms with Crippen LogP contribution in [-0.2, 0) is 4.79 Å². The molecule has 0 heterocycles. The molecule has 0 rings (SSSR count). The molecule has 0 fully saturated rings. The second-order valence-corrected chi connectivity index (χ2v) is 2.83. The molecule has 0 aliphatic carbocycles. The number of amides is 1. The highest BCUT2D eigenvalue weighted by atomic mass is 32.2. The molecule has 0 saturated carbocycles. The van der Waals surface area contributed by atoms with Crippen LogP contribution in [0.5, 0.6) is 0 Å². The minimum Gasteiger partial charge on any atom is -0.223 e. The molecule has 0 aromatic rings. The van der Waals surface area contributed by atoms with Gasteiger partial charge in [-0.05, 0) is 0 Å². The van der Waals surface area contributed by atoms with Crippen LogP contribution in [0.3, 0.4) is 0 Å². The minimum absolute atomic E-state index is 0.0880. The third kappa shape index (κ3) is 2.59. The fraction of sp³-hybridized carbons (Fsp3) is 0.750. The van der Waals surface area contributed by atoms with E-state index in [1.165, 1.54) is 23.9 Å². The van der Waals surface area contributed by atoms with Gasteiger partial charge in [0.25, 0.3) is 0 Å². The molecule has 2 nitrogen and oxygen atoms in total. The normalized spacial score (nSPS) is 10.0. The summed E-state index contributed by atoms with van der Waals surface area (Å²) >= 11 is 2.85. The van der Waals surface area contributed by atoms with Gasteiger partial charge in [0.2, 0.25) is 0 Å². The van der Waals surface area contributed by atoms with Crippen LogP contribution >= 0.6 is 23.9 Å². The first-order chi connectivity index (χ1) is 3.72. The van der Waals surface area contributed by atoms with Crippen molar-refractivity contribution in [2.24, 2.45) is 0 Å². The van der Waals surface area contributed by atoms with Gasteiger partial charge in [0.1, 0.15) is 23.9 Å². The fourth-order valence-corrected chi connectivity index (χ4v) is 1.44. The Balaban J connectivity index is 3.52. The summed E-state index contributed by atoms with van der Waals surface area (Å²) in [6, 6.07) is 0. The Hall–Kier alpha value is 0.330. The van der Waals surface area contributed by atoms with Gasteiger partial charge in [-0.3, -0.25) is 0 Å². The average Bonchev–Trinajstić information content (AvgIpc) is 1.69. The Kier molecular flexibility index (Phi) is 4.41. The molecule has 0 unspecified atom stereocenters. The molecule has 4 heteroatoms. The van der Waals surface area contributed by atoms with Crippen molar-refractivity contribution in [2.75, 3.05) is 12.5 Å². The van der Waals surface area contributed by atoms with E-state index in [4.69, 9.17) is 0 Å². The van der Waals surface area contributed by atoms with Crippen LogP contribution in [0.2, 0.25) is 0 Å². The molecule has 0 bridgehead atoms. The van der Waals surface area contributed by atoms with Gasteiger partial charge in [0.15, 0.2) is 0 Å². The number of carbonyl (C=O) groups excluding carboxylic acids is 1. The summed E-state index contributed by atoms with van der Waals surface area (Å²) in [7, 11) is 0. The monoisotopic (exact) mass is 151 g/mol. The van der Waals surface area contributed by atoms with E-state index in [-0.39, 0.29) is 5.91 Å². The quantitative estimate of drug-likeness (QED) is 0.438. The average molecular weight is 151 g/mol. The van der Waals surface area contributed by atoms with Gasteiger partial charge in [-0.15, -0.1) is 0 Å². The lowest BCUT2D eigenvalue weighted by molar-refractivity contribution is -0.118. The SMILES string of the molecule is CS[N+](SC)C(C)=O. The maximum atomic E-state index is 10.5. The Labute approximate surface area is 58.3 Å². The zero-order valence-electron chi connectivity index (χ0n) is 5.17. The predicted octanol–water partition coefficient (Wildman–Crippen LogP) is 1.23. The van der Waals surface area contributed by atoms with Gasteiger partial charge >= 0.3 is 5.91 Å². The van der Waals surface area contributed by atoms with Crippen molar-refractivity contribution in [3.05, 3.63) is 0 Å². The number of hydrogen-bond acceptors (Lipinski definition) is 3. The van der Waals surface area contributed by atoms with E-state index in [1.54, 1.807) is 10.6 Å². The molecule has 47 valence electrons. The van der Waals surface area contributed by atoms with Gasteiger partial charge < -0.3 is 0 Å². The van der Waals surface area contributed by atoms with Gasteiger partial charge in [0, 0.05) is 16.2 Å². The molecule has 0 aromatic carbocycles. The molecule has 1 amide bonds. The molecular formula is C4H9NOS2+. The first-order valence-electron chi connectivity index (χ1n) is 2.11. The second kappa shape index (κ2) is 4.23. The van der Waals surface area contributed by atoms with Crippen LogP contribution in [-0.4, -0.2) is 18.4 Å². The number of hydrogen-bond donors (Lipinski definition) is 0. The molecular weight excluding hydrogens is 142 g/mol. The largest absolute Gasteiger partial charge is 0.384 e. The fourth-order valence-electron chi connectivity index (χ4n) is 0.332. The van der Waals surface area contributed by atoms with Crippen molar-refractivity contribution in [1.82, 2.24) is 3.71 Å². The summed E-state index contributed by atoms with van der Waals surface area (Å²) in [5, 5.41) is 0. The van der Waals surface area contributed by atoms with E-state index in [0.717, 1.165) is 0 Å². The molecule has 1 radical (unpaired) electrons. The van der Waals surface area contributed by atoms with Crippen LogP contribution in [0.25, 0.3) is 0 Å². The molecule has 8 heavy (non-hydrogen) atoms. The molecule has 0 atom stereocenters. The Morgan fingerprint density at radius 1 is 1.38 bits per heavy atom. The summed E-state index contributed by atoms with van der Waals surface area (Å²) in [5.41, 5.74) is 0. The first-order valence-corrected chi connectivity index (χ1v) is 4.47. The Bertz CT molecular complexity index is 82.1. The van der Waals surface area contributed by atoms with E-state index < -0.39 is 0 Å². The van der Waals surface area contributed by atoms with Crippen molar-refractivity contribution >= 4 is 29.8 Å². The van der Waals surface area contributed by atoms with Crippen LogP contribution in [0.15, 0.2) is 0 Å². The molecule has 0 aliphatic rings. The van der Waals surface area contributed by atoms with E-state index in [0.29, 0.717) is 0 Å².